The molecule has 0 saturated heterocycles. The van der Waals surface area contributed by atoms with Crippen molar-refractivity contribution in [2.24, 2.45) is 0 Å². The van der Waals surface area contributed by atoms with Crippen LogP contribution in [0.1, 0.15) is 17.4 Å². The standard InChI is InChI=1S/C18H17ClN6OS/c1-2-23-10-7-14(22-23)17(26)25(12-11-24-9-4-8-20-24)18-21-16-13(19)5-3-6-15(16)27-18/h3-10H,2,11-12H2,1H3. The quantitative estimate of drug-likeness (QED) is 0.494. The van der Waals surface area contributed by atoms with E-state index in [0.717, 1.165) is 4.70 Å². The van der Waals surface area contributed by atoms with E-state index >= 15 is 0 Å². The van der Waals surface area contributed by atoms with Gasteiger partial charge >= 0.3 is 0 Å². The van der Waals surface area contributed by atoms with Crippen LogP contribution in [0.3, 0.4) is 0 Å². The molecule has 0 atom stereocenters. The predicted octanol–water partition coefficient (Wildman–Crippen LogP) is 3.71. The van der Waals surface area contributed by atoms with Gasteiger partial charge in [0.25, 0.3) is 5.91 Å². The lowest BCUT2D eigenvalue weighted by atomic mass is 10.3. The van der Waals surface area contributed by atoms with Crippen LogP contribution < -0.4 is 4.90 Å². The smallest absolute Gasteiger partial charge is 0.280 e. The summed E-state index contributed by atoms with van der Waals surface area (Å²) in [7, 11) is 0. The molecule has 9 heteroatoms. The predicted molar refractivity (Wildman–Crippen MR) is 106 cm³/mol. The molecule has 138 valence electrons. The summed E-state index contributed by atoms with van der Waals surface area (Å²) in [5.74, 6) is -0.190. The zero-order chi connectivity index (χ0) is 18.8. The molecular weight excluding hydrogens is 384 g/mol. The lowest BCUT2D eigenvalue weighted by molar-refractivity contribution is 0.0980. The first-order valence-corrected chi connectivity index (χ1v) is 9.73. The van der Waals surface area contributed by atoms with Crippen molar-refractivity contribution in [3.05, 3.63) is 59.6 Å². The van der Waals surface area contributed by atoms with Gasteiger partial charge in [0.05, 0.1) is 16.3 Å². The third-order valence-corrected chi connectivity index (χ3v) is 5.48. The Bertz CT molecular complexity index is 1070. The third kappa shape index (κ3) is 3.58. The van der Waals surface area contributed by atoms with Crippen molar-refractivity contribution in [2.75, 3.05) is 11.4 Å². The zero-order valence-corrected chi connectivity index (χ0v) is 16.2. The van der Waals surface area contributed by atoms with Crippen LogP contribution in [0.2, 0.25) is 5.02 Å². The van der Waals surface area contributed by atoms with Crippen LogP contribution in [0.4, 0.5) is 5.13 Å². The second kappa shape index (κ2) is 7.50. The van der Waals surface area contributed by atoms with Gasteiger partial charge in [0.15, 0.2) is 10.8 Å². The van der Waals surface area contributed by atoms with Gasteiger partial charge in [-0.1, -0.05) is 29.0 Å². The van der Waals surface area contributed by atoms with Gasteiger partial charge in [-0.15, -0.1) is 0 Å². The molecule has 0 spiro atoms. The maximum Gasteiger partial charge on any atom is 0.280 e. The van der Waals surface area contributed by atoms with Crippen LogP contribution in [0, 0.1) is 0 Å². The molecule has 4 rings (SSSR count). The van der Waals surface area contributed by atoms with Gasteiger partial charge in [0, 0.05) is 31.7 Å². The summed E-state index contributed by atoms with van der Waals surface area (Å²) in [6.45, 7) is 3.66. The summed E-state index contributed by atoms with van der Waals surface area (Å²) in [5, 5.41) is 9.73. The van der Waals surface area contributed by atoms with Crippen LogP contribution >= 0.6 is 22.9 Å². The number of thiazole rings is 1. The van der Waals surface area contributed by atoms with Crippen LogP contribution in [-0.2, 0) is 13.1 Å². The van der Waals surface area contributed by atoms with Crippen molar-refractivity contribution < 1.29 is 4.79 Å². The molecule has 0 aliphatic heterocycles. The largest absolute Gasteiger partial charge is 0.281 e. The number of benzene rings is 1. The Balaban J connectivity index is 1.69. The Hall–Kier alpha value is -2.71. The molecule has 0 bridgehead atoms. The van der Waals surface area contributed by atoms with Crippen LogP contribution in [0.25, 0.3) is 10.2 Å². The lowest BCUT2D eigenvalue weighted by Crippen LogP contribution is -2.34. The van der Waals surface area contributed by atoms with E-state index in [4.69, 9.17) is 11.6 Å². The summed E-state index contributed by atoms with van der Waals surface area (Å²) >= 11 is 7.70. The molecule has 1 amide bonds. The van der Waals surface area contributed by atoms with Crippen LogP contribution in [0.5, 0.6) is 0 Å². The summed E-state index contributed by atoms with van der Waals surface area (Å²) < 4.78 is 4.45. The number of carbonyl (C=O) groups is 1. The molecule has 0 unspecified atom stereocenters. The van der Waals surface area contributed by atoms with Gasteiger partial charge in [-0.05, 0) is 31.2 Å². The molecule has 7 nitrogen and oxygen atoms in total. The molecule has 0 aliphatic rings. The van der Waals surface area contributed by atoms with E-state index in [1.807, 2.05) is 31.3 Å². The molecule has 27 heavy (non-hydrogen) atoms. The highest BCUT2D eigenvalue weighted by Crippen LogP contribution is 2.33. The number of fused-ring (bicyclic) bond motifs is 1. The topological polar surface area (TPSA) is 68.8 Å². The van der Waals surface area contributed by atoms with Gasteiger partial charge in [0.2, 0.25) is 0 Å². The minimum atomic E-state index is -0.190. The molecular formula is C18H17ClN6OS. The molecule has 1 aromatic carbocycles. The fraction of sp³-hybridized carbons (Fsp3) is 0.222. The van der Waals surface area contributed by atoms with Gasteiger partial charge in [-0.3, -0.25) is 19.1 Å². The fourth-order valence-electron chi connectivity index (χ4n) is 2.73. The fourth-order valence-corrected chi connectivity index (χ4v) is 4.02. The number of hydrogen-bond acceptors (Lipinski definition) is 5. The summed E-state index contributed by atoms with van der Waals surface area (Å²) in [4.78, 5) is 19.4. The number of halogens is 1. The van der Waals surface area contributed by atoms with E-state index < -0.39 is 0 Å². The second-order valence-electron chi connectivity index (χ2n) is 5.87. The highest BCUT2D eigenvalue weighted by molar-refractivity contribution is 7.22. The Morgan fingerprint density at radius 1 is 1.22 bits per heavy atom. The minimum absolute atomic E-state index is 0.190. The number of nitrogens with zero attached hydrogens (tertiary/aromatic N) is 6. The molecule has 0 radical (unpaired) electrons. The highest BCUT2D eigenvalue weighted by Gasteiger charge is 2.23. The van der Waals surface area contributed by atoms with Crippen molar-refractivity contribution in [3.63, 3.8) is 0 Å². The molecule has 0 saturated carbocycles. The normalized spacial score (nSPS) is 11.2. The number of hydrogen-bond donors (Lipinski definition) is 0. The first-order valence-electron chi connectivity index (χ1n) is 8.53. The zero-order valence-electron chi connectivity index (χ0n) is 14.6. The molecule has 0 N–H and O–H groups in total. The second-order valence-corrected chi connectivity index (χ2v) is 7.28. The van der Waals surface area contributed by atoms with Gasteiger partial charge < -0.3 is 0 Å². The van der Waals surface area contributed by atoms with Crippen molar-refractivity contribution in [3.8, 4) is 0 Å². The maximum atomic E-state index is 13.1. The summed E-state index contributed by atoms with van der Waals surface area (Å²) in [6, 6.07) is 9.21. The maximum absolute atomic E-state index is 13.1. The molecule has 3 aromatic heterocycles. The number of rotatable bonds is 6. The number of aromatic nitrogens is 5. The monoisotopic (exact) mass is 400 g/mol. The van der Waals surface area contributed by atoms with E-state index in [1.54, 1.807) is 38.8 Å². The van der Waals surface area contributed by atoms with Crippen molar-refractivity contribution >= 4 is 44.2 Å². The number of amides is 1. The van der Waals surface area contributed by atoms with Crippen LogP contribution in [0.15, 0.2) is 48.9 Å². The Morgan fingerprint density at radius 3 is 2.81 bits per heavy atom. The van der Waals surface area contributed by atoms with E-state index in [0.29, 0.717) is 41.0 Å². The van der Waals surface area contributed by atoms with Crippen LogP contribution in [-0.4, -0.2) is 37.0 Å². The summed E-state index contributed by atoms with van der Waals surface area (Å²) in [6.07, 6.45) is 5.38. The van der Waals surface area contributed by atoms with E-state index in [9.17, 15) is 4.79 Å². The lowest BCUT2D eigenvalue weighted by Gasteiger charge is -2.18. The first-order chi connectivity index (χ1) is 13.2. The Kier molecular flexibility index (Phi) is 4.91. The third-order valence-electron chi connectivity index (χ3n) is 4.13. The molecule has 0 aliphatic carbocycles. The summed E-state index contributed by atoms with van der Waals surface area (Å²) in [5.41, 5.74) is 1.10. The first kappa shape index (κ1) is 17.7. The van der Waals surface area contributed by atoms with Gasteiger partial charge in [-0.2, -0.15) is 10.2 Å². The van der Waals surface area contributed by atoms with Crippen molar-refractivity contribution in [2.45, 2.75) is 20.0 Å². The van der Waals surface area contributed by atoms with Gasteiger partial charge in [0.1, 0.15) is 5.52 Å². The average Bonchev–Trinajstić information content (AvgIpc) is 3.42. The number of carbonyl (C=O) groups excluding carboxylic acids is 1. The Labute approximate surface area is 164 Å². The van der Waals surface area contributed by atoms with Crippen molar-refractivity contribution in [1.29, 1.82) is 0 Å². The van der Waals surface area contributed by atoms with E-state index in [-0.39, 0.29) is 5.91 Å². The molecule has 4 aromatic rings. The molecule has 0 fully saturated rings. The number of anilines is 1. The van der Waals surface area contributed by atoms with E-state index in [1.165, 1.54) is 11.3 Å². The minimum Gasteiger partial charge on any atom is -0.281 e. The van der Waals surface area contributed by atoms with E-state index in [2.05, 4.69) is 15.2 Å². The Morgan fingerprint density at radius 2 is 2.11 bits per heavy atom. The highest BCUT2D eigenvalue weighted by atomic mass is 35.5. The van der Waals surface area contributed by atoms with Gasteiger partial charge in [-0.25, -0.2) is 4.98 Å². The molecule has 3 heterocycles. The number of aryl methyl sites for hydroxylation is 1. The van der Waals surface area contributed by atoms with Crippen molar-refractivity contribution in [1.82, 2.24) is 24.5 Å². The average molecular weight is 401 g/mol. The number of para-hydroxylation sites is 1. The SMILES string of the molecule is CCn1ccc(C(=O)N(CCn2cccn2)c2nc3c(Cl)cccc3s2)n1.